The van der Waals surface area contributed by atoms with Gasteiger partial charge in [0.2, 0.25) is 0 Å². The van der Waals surface area contributed by atoms with Crippen LogP contribution in [0.4, 0.5) is 0 Å². The highest BCUT2D eigenvalue weighted by Crippen LogP contribution is 2.25. The molecule has 0 saturated heterocycles. The van der Waals surface area contributed by atoms with Crippen molar-refractivity contribution in [2.24, 2.45) is 0 Å². The van der Waals surface area contributed by atoms with E-state index in [-0.39, 0.29) is 0 Å². The second-order valence-electron chi connectivity index (χ2n) is 20.9. The second kappa shape index (κ2) is 55.3. The number of nitrogens with zero attached hydrogens (tertiary/aromatic N) is 2. The average Bonchev–Trinajstić information content (AvgIpc) is 3.31. The largest absolute Gasteiger partial charge is 0.393 e. The summed E-state index contributed by atoms with van der Waals surface area (Å²) in [6.07, 6.45) is 59.9. The summed E-state index contributed by atoms with van der Waals surface area (Å²) >= 11 is 4.72. The minimum absolute atomic E-state index is 0.846. The van der Waals surface area contributed by atoms with Crippen LogP contribution in [-0.4, -0.2) is 76.6 Å². The molecule has 4 nitrogen and oxygen atoms in total. The molecule has 0 aromatic rings. The molecule has 0 rings (SSSR count). The third kappa shape index (κ3) is 47.8. The monoisotopic (exact) mass is 953 g/mol. The molecular formula is C59H124N2O2SSi. The van der Waals surface area contributed by atoms with Crippen LogP contribution in [0.25, 0.3) is 0 Å². The van der Waals surface area contributed by atoms with Gasteiger partial charge in [-0.3, -0.25) is 0 Å². The highest BCUT2D eigenvalue weighted by molar-refractivity contribution is 7.80. The molecule has 0 spiro atoms. The molecule has 0 bridgehead atoms. The van der Waals surface area contributed by atoms with Gasteiger partial charge < -0.3 is 18.7 Å². The van der Waals surface area contributed by atoms with E-state index >= 15 is 0 Å². The van der Waals surface area contributed by atoms with Crippen LogP contribution in [0.2, 0.25) is 12.1 Å². The summed E-state index contributed by atoms with van der Waals surface area (Å²) in [6.45, 7) is 20.4. The van der Waals surface area contributed by atoms with Crippen molar-refractivity contribution < 1.29 is 8.85 Å². The zero-order valence-corrected chi connectivity index (χ0v) is 47.7. The fourth-order valence-electron chi connectivity index (χ4n) is 9.93. The van der Waals surface area contributed by atoms with Gasteiger partial charge in [0.25, 0.3) is 0 Å². The van der Waals surface area contributed by atoms with Crippen LogP contribution < -0.4 is 0 Å². The van der Waals surface area contributed by atoms with Crippen LogP contribution >= 0.6 is 12.6 Å². The number of unbranched alkanes of at least 4 members (excludes halogenated alkanes) is 37. The van der Waals surface area contributed by atoms with E-state index in [4.69, 9.17) is 21.5 Å². The first-order valence-corrected chi connectivity index (χ1v) is 33.3. The predicted molar refractivity (Wildman–Crippen MR) is 301 cm³/mol. The lowest BCUT2D eigenvalue weighted by atomic mass is 10.1. The highest BCUT2D eigenvalue weighted by atomic mass is 32.1. The Kier molecular flexibility index (Phi) is 55.7. The van der Waals surface area contributed by atoms with Crippen molar-refractivity contribution in [2.75, 3.05) is 58.2 Å². The van der Waals surface area contributed by atoms with E-state index < -0.39 is 8.56 Å². The van der Waals surface area contributed by atoms with Crippen molar-refractivity contribution in [3.05, 3.63) is 0 Å². The first kappa shape index (κ1) is 65.4. The predicted octanol–water partition coefficient (Wildman–Crippen LogP) is 19.9. The summed E-state index contributed by atoms with van der Waals surface area (Å²) in [5.41, 5.74) is 0. The van der Waals surface area contributed by atoms with Gasteiger partial charge in [0.05, 0.1) is 0 Å². The zero-order valence-electron chi connectivity index (χ0n) is 45.8. The Morgan fingerprint density at radius 3 is 0.708 bits per heavy atom. The van der Waals surface area contributed by atoms with Gasteiger partial charge in [0.15, 0.2) is 0 Å². The molecule has 0 aliphatic heterocycles. The lowest BCUT2D eigenvalue weighted by Crippen LogP contribution is -2.46. The molecule has 0 unspecified atom stereocenters. The molecule has 0 atom stereocenters. The molecule has 0 fully saturated rings. The fourth-order valence-corrected chi connectivity index (χ4v) is 13.8. The fraction of sp³-hybridized carbons (Fsp3) is 1.00. The van der Waals surface area contributed by atoms with Crippen molar-refractivity contribution in [3.63, 3.8) is 0 Å². The summed E-state index contributed by atoms with van der Waals surface area (Å²) in [6, 6.07) is 2.25. The third-order valence-electron chi connectivity index (χ3n) is 14.5. The maximum Gasteiger partial charge on any atom is 0.338 e. The minimum atomic E-state index is -2.34. The standard InChI is InChI=1S/C59H124N2O2SSi/c1-6-11-16-20-24-28-32-36-40-44-49-60(50-45-41-37-33-29-25-21-17-12-7-2)53-55-62-65(58-15-10-5,59-48-57-64)63-56-54-61(51-46-42-38-34-30-26-22-18-13-8-3)52-47-43-39-35-31-27-23-19-14-9-4/h64H,6-59H2,1-5H3. The Hall–Kier alpha value is 0.407. The molecule has 0 radical (unpaired) electrons. The first-order valence-electron chi connectivity index (χ1n) is 30.4. The van der Waals surface area contributed by atoms with E-state index in [0.717, 1.165) is 50.6 Å². The molecule has 392 valence electrons. The van der Waals surface area contributed by atoms with Crippen LogP contribution in [-0.2, 0) is 8.85 Å². The minimum Gasteiger partial charge on any atom is -0.393 e. The summed E-state index contributed by atoms with van der Waals surface area (Å²) in [5.74, 6) is 0.931. The maximum absolute atomic E-state index is 7.20. The van der Waals surface area contributed by atoms with Crippen molar-refractivity contribution in [2.45, 2.75) is 323 Å². The molecule has 0 aromatic carbocycles. The van der Waals surface area contributed by atoms with Gasteiger partial charge >= 0.3 is 8.56 Å². The van der Waals surface area contributed by atoms with Gasteiger partial charge in [-0.15, -0.1) is 0 Å². The molecule has 0 saturated carbocycles. The van der Waals surface area contributed by atoms with Gasteiger partial charge in [0.1, 0.15) is 0 Å². The Morgan fingerprint density at radius 2 is 0.477 bits per heavy atom. The van der Waals surface area contributed by atoms with E-state index in [9.17, 15) is 0 Å². The van der Waals surface area contributed by atoms with Crippen LogP contribution in [0.3, 0.4) is 0 Å². The molecule has 0 N–H and O–H groups in total. The third-order valence-corrected chi connectivity index (χ3v) is 18.5. The van der Waals surface area contributed by atoms with E-state index in [1.165, 1.54) is 296 Å². The highest BCUT2D eigenvalue weighted by Gasteiger charge is 2.36. The van der Waals surface area contributed by atoms with Crippen LogP contribution in [0, 0.1) is 0 Å². The SMILES string of the molecule is CCCCCCCCCCCCN(CCCCCCCCCCCC)CCO[Si](CCCC)(CCCS)OCCN(CCCCCCCCCCCC)CCCCCCCCCCCC. The Morgan fingerprint density at radius 1 is 0.262 bits per heavy atom. The topological polar surface area (TPSA) is 24.9 Å². The quantitative estimate of drug-likeness (QED) is 0.0373. The van der Waals surface area contributed by atoms with Crippen LogP contribution in [0.5, 0.6) is 0 Å². The van der Waals surface area contributed by atoms with E-state index in [2.05, 4.69) is 44.4 Å². The summed E-state index contributed by atoms with van der Waals surface area (Å²) in [5, 5.41) is 0. The molecule has 0 aliphatic rings. The molecule has 0 amide bonds. The van der Waals surface area contributed by atoms with Gasteiger partial charge in [-0.2, -0.15) is 12.6 Å². The van der Waals surface area contributed by atoms with E-state index in [1.807, 2.05) is 0 Å². The average molecular weight is 954 g/mol. The number of rotatable bonds is 58. The first-order chi connectivity index (χ1) is 32.1. The normalized spacial score (nSPS) is 12.2. The lowest BCUT2D eigenvalue weighted by Gasteiger charge is -2.33. The van der Waals surface area contributed by atoms with E-state index in [0.29, 0.717) is 0 Å². The molecule has 0 heterocycles. The van der Waals surface area contributed by atoms with Gasteiger partial charge in [-0.1, -0.05) is 279 Å². The Labute approximate surface area is 418 Å². The van der Waals surface area contributed by atoms with Crippen molar-refractivity contribution in [3.8, 4) is 0 Å². The van der Waals surface area contributed by atoms with Crippen molar-refractivity contribution >= 4 is 21.2 Å². The van der Waals surface area contributed by atoms with Crippen LogP contribution in [0.1, 0.15) is 311 Å². The smallest absolute Gasteiger partial charge is 0.338 e. The molecule has 0 aromatic heterocycles. The lowest BCUT2D eigenvalue weighted by molar-refractivity contribution is 0.122. The Balaban J connectivity index is 5.33. The maximum atomic E-state index is 7.20. The molecular weight excluding hydrogens is 829 g/mol. The van der Waals surface area contributed by atoms with Gasteiger partial charge in [0, 0.05) is 26.3 Å². The molecule has 65 heavy (non-hydrogen) atoms. The van der Waals surface area contributed by atoms with Crippen molar-refractivity contribution in [1.29, 1.82) is 0 Å². The second-order valence-corrected chi connectivity index (χ2v) is 24.8. The molecule has 0 aliphatic carbocycles. The molecule has 6 heteroatoms. The Bertz CT molecular complexity index is 750. The summed E-state index contributed by atoms with van der Waals surface area (Å²) in [7, 11) is -2.34. The van der Waals surface area contributed by atoms with Crippen LogP contribution in [0.15, 0.2) is 0 Å². The van der Waals surface area contributed by atoms with Gasteiger partial charge in [-0.25, -0.2) is 0 Å². The number of hydrogen-bond donors (Lipinski definition) is 1. The summed E-state index contributed by atoms with van der Waals surface area (Å²) in [4.78, 5) is 5.57. The van der Waals surface area contributed by atoms with E-state index in [1.54, 1.807) is 0 Å². The summed E-state index contributed by atoms with van der Waals surface area (Å²) < 4.78 is 14.4. The number of hydrogen-bond acceptors (Lipinski definition) is 5. The number of thiol groups is 1. The van der Waals surface area contributed by atoms with Gasteiger partial charge in [-0.05, 0) is 76.1 Å². The van der Waals surface area contributed by atoms with Crippen molar-refractivity contribution in [1.82, 2.24) is 9.80 Å². The zero-order chi connectivity index (χ0) is 47.3.